The first-order valence-electron chi connectivity index (χ1n) is 21.3. The molecule has 0 aliphatic carbocycles. The second-order valence-corrected chi connectivity index (χ2v) is 17.1. The van der Waals surface area contributed by atoms with Crippen LogP contribution in [0.15, 0.2) is 97.1 Å². The first kappa shape index (κ1) is 43.7. The normalized spacial score (nSPS) is 22.2. The Morgan fingerprint density at radius 1 is 0.509 bits per heavy atom. The first-order chi connectivity index (χ1) is 27.6. The summed E-state index contributed by atoms with van der Waals surface area (Å²) in [6, 6.07) is 34.1. The highest BCUT2D eigenvalue weighted by Crippen LogP contribution is 2.28. The van der Waals surface area contributed by atoms with Crippen LogP contribution < -0.4 is 42.5 Å². The lowest BCUT2D eigenvalue weighted by Crippen LogP contribution is -2.45. The van der Waals surface area contributed by atoms with Gasteiger partial charge in [-0.05, 0) is 163 Å². The molecule has 4 aromatic carbocycles. The zero-order valence-corrected chi connectivity index (χ0v) is 35.9. The van der Waals surface area contributed by atoms with Crippen LogP contribution >= 0.6 is 11.8 Å². The number of rotatable bonds is 5. The van der Waals surface area contributed by atoms with Gasteiger partial charge in [0.2, 0.25) is 0 Å². The van der Waals surface area contributed by atoms with Crippen molar-refractivity contribution in [2.75, 3.05) is 93.3 Å². The Hall–Kier alpha value is -4.41. The number of hydrogen-bond acceptors (Lipinski definition) is 10. The van der Waals surface area contributed by atoms with Gasteiger partial charge in [0.25, 0.3) is 0 Å². The predicted octanol–water partition coefficient (Wildman–Crippen LogP) is 9.39. The van der Waals surface area contributed by atoms with Crippen molar-refractivity contribution in [2.24, 2.45) is 0 Å². The van der Waals surface area contributed by atoms with Crippen LogP contribution in [0.2, 0.25) is 0 Å². The molecular formula is C47H70N8OS. The SMILES string of the molecule is CC1CCCCN1c1ccc(N)cc1.CC1CN(c2ccc(N)cc2)CC(C)O1.CCC1CCCCN1c1ccc(N)cc1.Nc1ccc(N2CCSCC2)cc1. The van der Waals surface area contributed by atoms with Gasteiger partial charge in [-0.25, -0.2) is 0 Å². The van der Waals surface area contributed by atoms with E-state index in [-0.39, 0.29) is 0 Å². The Morgan fingerprint density at radius 2 is 0.912 bits per heavy atom. The molecule has 4 aliphatic rings. The third-order valence-electron chi connectivity index (χ3n) is 11.3. The molecule has 4 aliphatic heterocycles. The number of benzene rings is 4. The van der Waals surface area contributed by atoms with E-state index in [0.717, 1.165) is 55.0 Å². The third-order valence-corrected chi connectivity index (χ3v) is 12.2. The molecule has 0 bridgehead atoms. The summed E-state index contributed by atoms with van der Waals surface area (Å²) in [6.07, 6.45) is 9.86. The Kier molecular flexibility index (Phi) is 17.3. The molecule has 0 spiro atoms. The standard InChI is InChI=1S/C13H20N2.C12H18N2O.C12H18N2.C10H14N2S/c1-2-12-5-3-4-10-15(12)13-8-6-11(14)7-9-13;1-9-7-14(8-10(2)15-9)12-5-3-11(13)4-6-12;1-10-4-2-3-9-14(10)12-7-5-11(13)6-8-12;11-9-1-3-10(4-2-9)12-5-7-13-8-6-12/h6-9,12H,2-5,10,14H2,1H3;3-6,9-10H,7-8,13H2,1-2H3;5-8,10H,2-4,9,13H2,1H3;1-4H,5-8,11H2. The third kappa shape index (κ3) is 13.9. The van der Waals surface area contributed by atoms with Crippen LogP contribution in [-0.4, -0.2) is 75.1 Å². The van der Waals surface area contributed by atoms with Crippen molar-refractivity contribution >= 4 is 57.3 Å². The number of thioether (sulfide) groups is 1. The number of piperidine rings is 2. The molecule has 4 heterocycles. The van der Waals surface area contributed by atoms with Crippen molar-refractivity contribution < 1.29 is 4.74 Å². The summed E-state index contributed by atoms with van der Waals surface area (Å²) in [6.45, 7) is 15.4. The van der Waals surface area contributed by atoms with Gasteiger partial charge >= 0.3 is 0 Å². The first-order valence-corrected chi connectivity index (χ1v) is 22.4. The molecule has 0 amide bonds. The van der Waals surface area contributed by atoms with Crippen LogP contribution in [-0.2, 0) is 4.74 Å². The van der Waals surface area contributed by atoms with Crippen molar-refractivity contribution in [3.8, 4) is 0 Å². The molecule has 0 aromatic heterocycles. The van der Waals surface area contributed by atoms with E-state index in [9.17, 15) is 0 Å². The molecule has 4 saturated heterocycles. The van der Waals surface area contributed by atoms with Crippen LogP contribution in [0.5, 0.6) is 0 Å². The maximum absolute atomic E-state index is 5.70. The maximum Gasteiger partial charge on any atom is 0.0726 e. The summed E-state index contributed by atoms with van der Waals surface area (Å²) in [5.74, 6) is 2.48. The number of hydrogen-bond donors (Lipinski definition) is 4. The van der Waals surface area contributed by atoms with E-state index in [1.165, 1.54) is 92.3 Å². The largest absolute Gasteiger partial charge is 0.399 e. The molecule has 4 unspecified atom stereocenters. The smallest absolute Gasteiger partial charge is 0.0726 e. The van der Waals surface area contributed by atoms with E-state index in [4.69, 9.17) is 27.7 Å². The molecule has 0 radical (unpaired) electrons. The summed E-state index contributed by atoms with van der Waals surface area (Å²) in [5, 5.41) is 0. The van der Waals surface area contributed by atoms with Crippen LogP contribution in [0.1, 0.15) is 72.6 Å². The van der Waals surface area contributed by atoms with Gasteiger partial charge in [-0.1, -0.05) is 6.92 Å². The monoisotopic (exact) mass is 795 g/mol. The minimum absolute atomic E-state index is 0.298. The average molecular weight is 795 g/mol. The van der Waals surface area contributed by atoms with Crippen LogP contribution in [0.4, 0.5) is 45.5 Å². The van der Waals surface area contributed by atoms with Gasteiger partial charge in [0, 0.05) is 108 Å². The summed E-state index contributed by atoms with van der Waals surface area (Å²) >= 11 is 2.03. The van der Waals surface area contributed by atoms with E-state index in [1.54, 1.807) is 0 Å². The Labute approximate surface area is 348 Å². The molecule has 4 fully saturated rings. The number of morpholine rings is 1. The van der Waals surface area contributed by atoms with Crippen molar-refractivity contribution in [3.63, 3.8) is 0 Å². The number of ether oxygens (including phenoxy) is 1. The molecule has 4 atom stereocenters. The molecule has 57 heavy (non-hydrogen) atoms. The van der Waals surface area contributed by atoms with Crippen molar-refractivity contribution in [1.29, 1.82) is 0 Å². The second-order valence-electron chi connectivity index (χ2n) is 15.9. The lowest BCUT2D eigenvalue weighted by atomic mass is 9.99. The van der Waals surface area contributed by atoms with Gasteiger partial charge in [0.15, 0.2) is 0 Å². The summed E-state index contributed by atoms with van der Waals surface area (Å²) in [4.78, 5) is 9.76. The minimum Gasteiger partial charge on any atom is -0.399 e. The van der Waals surface area contributed by atoms with Crippen LogP contribution in [0.25, 0.3) is 0 Å². The Morgan fingerprint density at radius 3 is 1.37 bits per heavy atom. The van der Waals surface area contributed by atoms with Gasteiger partial charge in [0.1, 0.15) is 0 Å². The molecule has 310 valence electrons. The lowest BCUT2D eigenvalue weighted by Gasteiger charge is -2.37. The zero-order chi connectivity index (χ0) is 40.6. The Balaban J connectivity index is 0.000000145. The highest BCUT2D eigenvalue weighted by Gasteiger charge is 2.23. The van der Waals surface area contributed by atoms with Gasteiger partial charge in [-0.15, -0.1) is 0 Å². The lowest BCUT2D eigenvalue weighted by molar-refractivity contribution is -0.00521. The predicted molar refractivity (Wildman–Crippen MR) is 251 cm³/mol. The van der Waals surface area contributed by atoms with E-state index in [0.29, 0.717) is 18.2 Å². The van der Waals surface area contributed by atoms with Gasteiger partial charge < -0.3 is 47.3 Å². The molecule has 8 N–H and O–H groups in total. The summed E-state index contributed by atoms with van der Waals surface area (Å²) in [7, 11) is 0. The zero-order valence-electron chi connectivity index (χ0n) is 35.1. The van der Waals surface area contributed by atoms with E-state index in [1.807, 2.05) is 60.3 Å². The van der Waals surface area contributed by atoms with Crippen LogP contribution in [0.3, 0.4) is 0 Å². The fourth-order valence-corrected chi connectivity index (χ4v) is 9.06. The van der Waals surface area contributed by atoms with Crippen molar-refractivity contribution in [2.45, 2.75) is 96.9 Å². The highest BCUT2D eigenvalue weighted by atomic mass is 32.2. The second kappa shape index (κ2) is 22.5. The van der Waals surface area contributed by atoms with Crippen molar-refractivity contribution in [3.05, 3.63) is 97.1 Å². The summed E-state index contributed by atoms with van der Waals surface area (Å²) in [5.41, 5.74) is 31.2. The van der Waals surface area contributed by atoms with E-state index >= 15 is 0 Å². The number of nitrogens with two attached hydrogens (primary N) is 4. The van der Waals surface area contributed by atoms with E-state index in [2.05, 4.69) is 95.8 Å². The maximum atomic E-state index is 5.70. The molecular weight excluding hydrogens is 725 g/mol. The minimum atomic E-state index is 0.298. The fourth-order valence-electron chi connectivity index (χ4n) is 8.16. The van der Waals surface area contributed by atoms with Gasteiger partial charge in [-0.3, -0.25) is 0 Å². The van der Waals surface area contributed by atoms with Crippen LogP contribution in [0, 0.1) is 0 Å². The summed E-state index contributed by atoms with van der Waals surface area (Å²) < 4.78 is 5.70. The van der Waals surface area contributed by atoms with E-state index < -0.39 is 0 Å². The molecule has 10 heteroatoms. The highest BCUT2D eigenvalue weighted by molar-refractivity contribution is 7.99. The van der Waals surface area contributed by atoms with Crippen molar-refractivity contribution in [1.82, 2.24) is 0 Å². The fraction of sp³-hybridized carbons (Fsp3) is 0.489. The molecule has 0 saturated carbocycles. The molecule has 8 rings (SSSR count). The molecule has 4 aromatic rings. The number of nitrogens with zero attached hydrogens (tertiary/aromatic N) is 4. The Bertz CT molecular complexity index is 1690. The van der Waals surface area contributed by atoms with Gasteiger partial charge in [-0.2, -0.15) is 11.8 Å². The average Bonchev–Trinajstić information content (AvgIpc) is 3.23. The number of nitrogen functional groups attached to an aromatic ring is 4. The quantitative estimate of drug-likeness (QED) is 0.145. The van der Waals surface area contributed by atoms with Gasteiger partial charge in [0.05, 0.1) is 12.2 Å². The topological polar surface area (TPSA) is 126 Å². The number of anilines is 8. The molecule has 9 nitrogen and oxygen atoms in total.